The number of carbonyl (C=O) groups is 3. The minimum absolute atomic E-state index is 0.0397. The normalized spacial score (nSPS) is 18.7. The Hall–Kier alpha value is -3.35. The number of likely N-dealkylation sites (tertiary alicyclic amines) is 1. The lowest BCUT2D eigenvalue weighted by Crippen LogP contribution is -2.29. The van der Waals surface area contributed by atoms with E-state index >= 15 is 0 Å². The quantitative estimate of drug-likeness (QED) is 0.485. The molecule has 0 aromatic heterocycles. The van der Waals surface area contributed by atoms with E-state index in [1.165, 1.54) is 22.3 Å². The molecule has 0 radical (unpaired) electrons. The predicted molar refractivity (Wildman–Crippen MR) is 133 cm³/mol. The van der Waals surface area contributed by atoms with Crippen LogP contribution in [0.4, 0.5) is 4.79 Å². The highest BCUT2D eigenvalue weighted by Crippen LogP contribution is 2.44. The lowest BCUT2D eigenvalue weighted by atomic mass is 9.95. The highest BCUT2D eigenvalue weighted by atomic mass is 16.5. The van der Waals surface area contributed by atoms with E-state index in [1.54, 1.807) is 4.90 Å². The molecule has 2 N–H and O–H groups in total. The molecular formula is C28H34N2O5. The number of ether oxygens (including phenoxy) is 1. The molecule has 4 rings (SSSR count). The van der Waals surface area contributed by atoms with Crippen LogP contribution in [0.2, 0.25) is 0 Å². The number of unbranched alkanes of at least 4 members (excludes halogenated alkanes) is 2. The van der Waals surface area contributed by atoms with Crippen molar-refractivity contribution < 1.29 is 24.2 Å². The van der Waals surface area contributed by atoms with Crippen molar-refractivity contribution in [2.24, 2.45) is 11.8 Å². The van der Waals surface area contributed by atoms with Crippen LogP contribution in [0.5, 0.6) is 0 Å². The summed E-state index contributed by atoms with van der Waals surface area (Å²) in [6.07, 6.45) is 2.51. The second-order valence-corrected chi connectivity index (χ2v) is 9.70. The SMILES string of the molecule is CC1CN(C(=O)CCCCCNC(=O)OCC2c3ccccc3-c3ccccc32)CC1CC(=O)O. The zero-order chi connectivity index (χ0) is 24.8. The topological polar surface area (TPSA) is 95.9 Å². The average molecular weight is 479 g/mol. The zero-order valence-corrected chi connectivity index (χ0v) is 20.2. The van der Waals surface area contributed by atoms with Gasteiger partial charge < -0.3 is 20.1 Å². The Kier molecular flexibility index (Phi) is 8.06. The molecule has 7 nitrogen and oxygen atoms in total. The lowest BCUT2D eigenvalue weighted by Gasteiger charge is -2.16. The van der Waals surface area contributed by atoms with Crippen LogP contribution in [0, 0.1) is 11.8 Å². The van der Waals surface area contributed by atoms with Crippen LogP contribution < -0.4 is 5.32 Å². The molecule has 7 heteroatoms. The lowest BCUT2D eigenvalue weighted by molar-refractivity contribution is -0.138. The third-order valence-corrected chi connectivity index (χ3v) is 7.24. The maximum atomic E-state index is 12.4. The summed E-state index contributed by atoms with van der Waals surface area (Å²) in [5.41, 5.74) is 4.78. The van der Waals surface area contributed by atoms with Crippen molar-refractivity contribution in [1.29, 1.82) is 0 Å². The third-order valence-electron chi connectivity index (χ3n) is 7.24. The van der Waals surface area contributed by atoms with Gasteiger partial charge in [0, 0.05) is 32.0 Å². The van der Waals surface area contributed by atoms with Crippen molar-refractivity contribution in [2.45, 2.75) is 44.9 Å². The molecule has 2 aromatic rings. The van der Waals surface area contributed by atoms with Gasteiger partial charge in [-0.05, 0) is 46.9 Å². The molecule has 2 unspecified atom stereocenters. The van der Waals surface area contributed by atoms with Gasteiger partial charge in [-0.2, -0.15) is 0 Å². The summed E-state index contributed by atoms with van der Waals surface area (Å²) in [6.45, 7) is 3.99. The summed E-state index contributed by atoms with van der Waals surface area (Å²) in [6, 6.07) is 16.5. The molecule has 186 valence electrons. The molecule has 1 aliphatic carbocycles. The van der Waals surface area contributed by atoms with Gasteiger partial charge in [-0.25, -0.2) is 4.79 Å². The van der Waals surface area contributed by atoms with Crippen LogP contribution in [0.1, 0.15) is 56.1 Å². The smallest absolute Gasteiger partial charge is 0.407 e. The van der Waals surface area contributed by atoms with Crippen molar-refractivity contribution in [3.8, 4) is 11.1 Å². The molecule has 2 aliphatic rings. The van der Waals surface area contributed by atoms with Crippen molar-refractivity contribution in [3.63, 3.8) is 0 Å². The molecule has 0 bridgehead atoms. The fraction of sp³-hybridized carbons (Fsp3) is 0.464. The number of aliphatic carboxylic acids is 1. The first kappa shape index (κ1) is 24.8. The minimum Gasteiger partial charge on any atom is -0.481 e. The molecular weight excluding hydrogens is 444 g/mol. The van der Waals surface area contributed by atoms with Gasteiger partial charge >= 0.3 is 12.1 Å². The molecule has 1 aliphatic heterocycles. The highest BCUT2D eigenvalue weighted by Gasteiger charge is 2.33. The van der Waals surface area contributed by atoms with Crippen molar-refractivity contribution in [2.75, 3.05) is 26.2 Å². The van der Waals surface area contributed by atoms with Gasteiger partial charge in [0.1, 0.15) is 6.61 Å². The molecule has 1 heterocycles. The summed E-state index contributed by atoms with van der Waals surface area (Å²) in [7, 11) is 0. The number of amides is 2. The van der Waals surface area contributed by atoms with Crippen LogP contribution in [0.25, 0.3) is 11.1 Å². The van der Waals surface area contributed by atoms with E-state index in [1.807, 2.05) is 31.2 Å². The van der Waals surface area contributed by atoms with Gasteiger partial charge in [-0.15, -0.1) is 0 Å². The second-order valence-electron chi connectivity index (χ2n) is 9.70. The van der Waals surface area contributed by atoms with E-state index < -0.39 is 12.1 Å². The largest absolute Gasteiger partial charge is 0.481 e. The Balaban J connectivity index is 1.12. The Morgan fingerprint density at radius 2 is 1.63 bits per heavy atom. The van der Waals surface area contributed by atoms with Crippen LogP contribution in [-0.4, -0.2) is 54.2 Å². The number of nitrogens with zero attached hydrogens (tertiary/aromatic N) is 1. The minimum atomic E-state index is -0.806. The van der Waals surface area contributed by atoms with Crippen LogP contribution >= 0.6 is 0 Å². The number of carboxylic acids is 1. The van der Waals surface area contributed by atoms with Gasteiger partial charge in [0.2, 0.25) is 5.91 Å². The fourth-order valence-corrected chi connectivity index (χ4v) is 5.30. The van der Waals surface area contributed by atoms with E-state index in [9.17, 15) is 14.4 Å². The maximum absolute atomic E-state index is 12.4. The van der Waals surface area contributed by atoms with Gasteiger partial charge in [0.15, 0.2) is 0 Å². The third kappa shape index (κ3) is 6.02. The van der Waals surface area contributed by atoms with E-state index in [-0.39, 0.29) is 30.1 Å². The van der Waals surface area contributed by atoms with E-state index in [0.29, 0.717) is 32.7 Å². The standard InChI is InChI=1S/C28H34N2O5/c1-19-16-30(17-20(19)15-27(32)33)26(31)13-3-2-8-14-29-28(34)35-18-25-23-11-6-4-9-21(23)22-10-5-7-12-24(22)25/h4-7,9-12,19-20,25H,2-3,8,13-18H2,1H3,(H,29,34)(H,32,33). The van der Waals surface area contributed by atoms with Crippen LogP contribution in [-0.2, 0) is 14.3 Å². The number of carboxylic acid groups (broad SMARTS) is 1. The van der Waals surface area contributed by atoms with Crippen molar-refractivity contribution >= 4 is 18.0 Å². The molecule has 0 spiro atoms. The summed E-state index contributed by atoms with van der Waals surface area (Å²) in [5.74, 6) is -0.411. The van der Waals surface area contributed by atoms with E-state index in [0.717, 1.165) is 19.3 Å². The van der Waals surface area contributed by atoms with Gasteiger partial charge in [-0.3, -0.25) is 9.59 Å². The molecule has 2 atom stereocenters. The molecule has 0 saturated carbocycles. The molecule has 1 saturated heterocycles. The maximum Gasteiger partial charge on any atom is 0.407 e. The first-order valence-corrected chi connectivity index (χ1v) is 12.5. The highest BCUT2D eigenvalue weighted by molar-refractivity contribution is 5.79. The monoisotopic (exact) mass is 478 g/mol. The second kappa shape index (κ2) is 11.4. The van der Waals surface area contributed by atoms with E-state index in [4.69, 9.17) is 9.84 Å². The Labute approximate surface area is 206 Å². The summed E-state index contributed by atoms with van der Waals surface area (Å²) in [5, 5.41) is 11.8. The van der Waals surface area contributed by atoms with Crippen LogP contribution in [0.3, 0.4) is 0 Å². The Morgan fingerprint density at radius 1 is 0.971 bits per heavy atom. The summed E-state index contributed by atoms with van der Waals surface area (Å²) < 4.78 is 5.55. The number of rotatable bonds is 10. The zero-order valence-electron chi connectivity index (χ0n) is 20.2. The number of hydrogen-bond acceptors (Lipinski definition) is 4. The Bertz CT molecular complexity index is 1020. The van der Waals surface area contributed by atoms with Crippen LogP contribution in [0.15, 0.2) is 48.5 Å². The number of carbonyl (C=O) groups excluding carboxylic acids is 2. The Morgan fingerprint density at radius 3 is 2.29 bits per heavy atom. The van der Waals surface area contributed by atoms with Crippen molar-refractivity contribution in [1.82, 2.24) is 10.2 Å². The molecule has 1 fully saturated rings. The van der Waals surface area contributed by atoms with Crippen molar-refractivity contribution in [3.05, 3.63) is 59.7 Å². The summed E-state index contributed by atoms with van der Waals surface area (Å²) >= 11 is 0. The molecule has 2 amide bonds. The fourth-order valence-electron chi connectivity index (χ4n) is 5.30. The predicted octanol–water partition coefficient (Wildman–Crippen LogP) is 4.65. The van der Waals surface area contributed by atoms with Gasteiger partial charge in [0.05, 0.1) is 6.42 Å². The number of benzene rings is 2. The first-order chi connectivity index (χ1) is 16.9. The van der Waals surface area contributed by atoms with Gasteiger partial charge in [0.25, 0.3) is 0 Å². The first-order valence-electron chi connectivity index (χ1n) is 12.5. The van der Waals surface area contributed by atoms with E-state index in [2.05, 4.69) is 29.6 Å². The van der Waals surface area contributed by atoms with Gasteiger partial charge in [-0.1, -0.05) is 61.9 Å². The molecule has 2 aromatic carbocycles. The number of fused-ring (bicyclic) bond motifs is 3. The number of nitrogens with one attached hydrogen (secondary N) is 1. The number of alkyl carbamates (subject to hydrolysis) is 1. The average Bonchev–Trinajstić information content (AvgIpc) is 3.37. The summed E-state index contributed by atoms with van der Waals surface area (Å²) in [4.78, 5) is 37.4. The number of hydrogen-bond donors (Lipinski definition) is 2. The molecule has 35 heavy (non-hydrogen) atoms.